The van der Waals surface area contributed by atoms with Gasteiger partial charge in [0.05, 0.1) is 22.1 Å². The minimum absolute atomic E-state index is 0.153. The lowest BCUT2D eigenvalue weighted by atomic mass is 9.80. The molecule has 0 radical (unpaired) electrons. The Bertz CT molecular complexity index is 4270. The lowest BCUT2D eigenvalue weighted by molar-refractivity contribution is 0.661. The predicted octanol–water partition coefficient (Wildman–Crippen LogP) is 19.2. The van der Waals surface area contributed by atoms with Gasteiger partial charge in [-0.25, -0.2) is 0 Å². The van der Waals surface area contributed by atoms with Crippen molar-refractivity contribution >= 4 is 65.2 Å². The van der Waals surface area contributed by atoms with Gasteiger partial charge in [-0.1, -0.05) is 196 Å². The van der Waals surface area contributed by atoms with Crippen LogP contribution in [-0.2, 0) is 5.41 Å². The molecule has 12 aromatic carbocycles. The van der Waals surface area contributed by atoms with Crippen LogP contribution in [0.3, 0.4) is 0 Å². The normalized spacial score (nSPS) is 12.9. The average molecular weight is 929 g/mol. The number of para-hydroxylation sites is 2. The molecular formula is C71H48N2. The van der Waals surface area contributed by atoms with E-state index in [0.717, 1.165) is 0 Å². The second-order valence-electron chi connectivity index (χ2n) is 20.5. The Hall–Kier alpha value is -9.24. The first-order chi connectivity index (χ1) is 35.9. The van der Waals surface area contributed by atoms with Gasteiger partial charge >= 0.3 is 0 Å². The van der Waals surface area contributed by atoms with Crippen LogP contribution in [0, 0.1) is 0 Å². The second-order valence-corrected chi connectivity index (χ2v) is 20.5. The third-order valence-electron chi connectivity index (χ3n) is 16.1. The monoisotopic (exact) mass is 928 g/mol. The van der Waals surface area contributed by atoms with Crippen molar-refractivity contribution in [2.24, 2.45) is 0 Å². The highest BCUT2D eigenvalue weighted by Crippen LogP contribution is 2.51. The minimum Gasteiger partial charge on any atom is -0.309 e. The summed E-state index contributed by atoms with van der Waals surface area (Å²) in [7, 11) is 0. The number of hydrogen-bond donors (Lipinski definition) is 0. The highest BCUT2D eigenvalue weighted by molar-refractivity contribution is 6.12. The van der Waals surface area contributed by atoms with E-state index in [0.29, 0.717) is 0 Å². The molecule has 0 saturated heterocycles. The number of rotatable bonds is 6. The van der Waals surface area contributed by atoms with Crippen LogP contribution in [0.25, 0.3) is 132 Å². The molecule has 2 nitrogen and oxygen atoms in total. The standard InChI is InChI=1S/C71H48N2/c1-71(2)65-43-55(49-23-19-47(20-24-49)53-31-37-69-63(41-53)61-15-7-9-17-67(61)72(69)57-33-27-45-11-3-5-13-51(45)39-57)29-35-59(65)60-36-30-56(44-66(60)71)50-25-21-48(22-26-50)54-32-38-70-64(42-54)62-16-8-10-18-68(62)73(70)58-34-28-46-12-4-6-14-52(46)40-58/h3-44H,1-2H3. The van der Waals surface area contributed by atoms with Crippen molar-refractivity contribution in [3.05, 3.63) is 266 Å². The Kier molecular flexibility index (Phi) is 9.04. The van der Waals surface area contributed by atoms with Crippen LogP contribution in [0.1, 0.15) is 25.0 Å². The molecule has 14 aromatic rings. The van der Waals surface area contributed by atoms with E-state index in [2.05, 4.69) is 278 Å². The maximum atomic E-state index is 2.43. The van der Waals surface area contributed by atoms with Crippen molar-refractivity contribution in [3.63, 3.8) is 0 Å². The highest BCUT2D eigenvalue weighted by atomic mass is 15.0. The first-order valence-corrected chi connectivity index (χ1v) is 25.5. The third-order valence-corrected chi connectivity index (χ3v) is 16.1. The van der Waals surface area contributed by atoms with E-state index >= 15 is 0 Å². The molecule has 0 saturated carbocycles. The van der Waals surface area contributed by atoms with Gasteiger partial charge in [-0.15, -0.1) is 0 Å². The van der Waals surface area contributed by atoms with Crippen molar-refractivity contribution in [2.75, 3.05) is 0 Å². The van der Waals surface area contributed by atoms with Gasteiger partial charge in [-0.3, -0.25) is 0 Å². The molecule has 0 spiro atoms. The fraction of sp³-hybridized carbons (Fsp3) is 0.0423. The van der Waals surface area contributed by atoms with Crippen LogP contribution in [0.4, 0.5) is 0 Å². The average Bonchev–Trinajstić information content (AvgIpc) is 4.04. The molecule has 0 aliphatic heterocycles. The van der Waals surface area contributed by atoms with Crippen molar-refractivity contribution in [2.45, 2.75) is 19.3 Å². The minimum atomic E-state index is -0.153. The summed E-state index contributed by atoms with van der Waals surface area (Å²) in [4.78, 5) is 0. The van der Waals surface area contributed by atoms with Gasteiger partial charge in [0.15, 0.2) is 0 Å². The Balaban J connectivity index is 0.703. The van der Waals surface area contributed by atoms with Gasteiger partial charge in [-0.05, 0) is 161 Å². The Morgan fingerprint density at radius 3 is 1.00 bits per heavy atom. The van der Waals surface area contributed by atoms with Crippen LogP contribution in [0.2, 0.25) is 0 Å². The smallest absolute Gasteiger partial charge is 0.0541 e. The summed E-state index contributed by atoms with van der Waals surface area (Å²) in [5.74, 6) is 0. The molecule has 0 unspecified atom stereocenters. The van der Waals surface area contributed by atoms with E-state index in [1.807, 2.05) is 0 Å². The van der Waals surface area contributed by atoms with Gasteiger partial charge in [0, 0.05) is 38.3 Å². The summed E-state index contributed by atoms with van der Waals surface area (Å²) in [5, 5.41) is 10.0. The fourth-order valence-corrected chi connectivity index (χ4v) is 12.3. The molecule has 73 heavy (non-hydrogen) atoms. The summed E-state index contributed by atoms with van der Waals surface area (Å²) >= 11 is 0. The van der Waals surface area contributed by atoms with E-state index in [1.54, 1.807) is 0 Å². The summed E-state index contributed by atoms with van der Waals surface area (Å²) in [6.07, 6.45) is 0. The summed E-state index contributed by atoms with van der Waals surface area (Å²) < 4.78 is 4.82. The zero-order valence-corrected chi connectivity index (χ0v) is 40.6. The maximum absolute atomic E-state index is 2.43. The van der Waals surface area contributed by atoms with Crippen molar-refractivity contribution in [1.82, 2.24) is 9.13 Å². The lowest BCUT2D eigenvalue weighted by Crippen LogP contribution is -2.15. The van der Waals surface area contributed by atoms with Gasteiger partial charge in [0.25, 0.3) is 0 Å². The molecule has 0 N–H and O–H groups in total. The zero-order valence-electron chi connectivity index (χ0n) is 40.6. The van der Waals surface area contributed by atoms with Crippen LogP contribution < -0.4 is 0 Å². The van der Waals surface area contributed by atoms with Crippen LogP contribution in [-0.4, -0.2) is 9.13 Å². The topological polar surface area (TPSA) is 9.86 Å². The van der Waals surface area contributed by atoms with Crippen LogP contribution in [0.5, 0.6) is 0 Å². The molecule has 0 atom stereocenters. The number of aromatic nitrogens is 2. The number of benzene rings is 12. The van der Waals surface area contributed by atoms with E-state index < -0.39 is 0 Å². The van der Waals surface area contributed by atoms with Crippen molar-refractivity contribution in [1.29, 1.82) is 0 Å². The van der Waals surface area contributed by atoms with E-state index in [1.165, 1.54) is 143 Å². The number of fused-ring (bicyclic) bond motifs is 11. The molecule has 2 heteroatoms. The molecule has 1 aliphatic carbocycles. The second kappa shape index (κ2) is 15.9. The van der Waals surface area contributed by atoms with E-state index in [9.17, 15) is 0 Å². The summed E-state index contributed by atoms with van der Waals surface area (Å²) in [6.45, 7) is 4.77. The number of hydrogen-bond acceptors (Lipinski definition) is 0. The van der Waals surface area contributed by atoms with Crippen LogP contribution in [0.15, 0.2) is 255 Å². The molecular weight excluding hydrogens is 881 g/mol. The molecule has 2 heterocycles. The van der Waals surface area contributed by atoms with Gasteiger partial charge in [-0.2, -0.15) is 0 Å². The summed E-state index contributed by atoms with van der Waals surface area (Å²) in [6, 6.07) is 94.7. The van der Waals surface area contributed by atoms with Gasteiger partial charge in [0.2, 0.25) is 0 Å². The fourth-order valence-electron chi connectivity index (χ4n) is 12.3. The molecule has 15 rings (SSSR count). The van der Waals surface area contributed by atoms with E-state index in [-0.39, 0.29) is 5.41 Å². The third kappa shape index (κ3) is 6.50. The SMILES string of the molecule is CC1(C)c2cc(-c3ccc(-c4ccc5c(c4)c4ccccc4n5-c4ccc5ccccc5c4)cc3)ccc2-c2ccc(-c3ccc(-c4ccc5c(c4)c4ccccc4n5-c4ccc5ccccc5c4)cc3)cc21. The molecule has 0 fully saturated rings. The number of nitrogens with zero attached hydrogens (tertiary/aromatic N) is 2. The molecule has 1 aliphatic rings. The molecule has 0 amide bonds. The Labute approximate surface area is 424 Å². The van der Waals surface area contributed by atoms with E-state index in [4.69, 9.17) is 0 Å². The molecule has 2 aromatic heterocycles. The van der Waals surface area contributed by atoms with Crippen LogP contribution >= 0.6 is 0 Å². The maximum Gasteiger partial charge on any atom is 0.0541 e. The van der Waals surface area contributed by atoms with Gasteiger partial charge < -0.3 is 9.13 Å². The predicted molar refractivity (Wildman–Crippen MR) is 309 cm³/mol. The largest absolute Gasteiger partial charge is 0.309 e. The van der Waals surface area contributed by atoms with Gasteiger partial charge in [0.1, 0.15) is 0 Å². The lowest BCUT2D eigenvalue weighted by Gasteiger charge is -2.22. The van der Waals surface area contributed by atoms with Crippen molar-refractivity contribution < 1.29 is 0 Å². The molecule has 342 valence electrons. The summed E-state index contributed by atoms with van der Waals surface area (Å²) in [5.41, 5.74) is 22.3. The quantitative estimate of drug-likeness (QED) is 0.157. The first kappa shape index (κ1) is 41.5. The zero-order chi connectivity index (χ0) is 48.4. The Morgan fingerprint density at radius 1 is 0.247 bits per heavy atom. The first-order valence-electron chi connectivity index (χ1n) is 25.5. The highest BCUT2D eigenvalue weighted by Gasteiger charge is 2.36. The van der Waals surface area contributed by atoms with Crippen molar-refractivity contribution in [3.8, 4) is 67.0 Å². The Morgan fingerprint density at radius 2 is 0.575 bits per heavy atom. The molecule has 0 bridgehead atoms.